The van der Waals surface area contributed by atoms with Crippen LogP contribution >= 0.6 is 15.9 Å². The summed E-state index contributed by atoms with van der Waals surface area (Å²) < 4.78 is 12.1. The molecule has 1 heterocycles. The maximum atomic E-state index is 12.4. The molecule has 3 aromatic rings. The summed E-state index contributed by atoms with van der Waals surface area (Å²) >= 11 is 3.57. The number of carbonyl (C=O) groups excluding carboxylic acids is 1. The Hall–Kier alpha value is -3.82. The molecule has 2 N–H and O–H groups in total. The summed E-state index contributed by atoms with van der Waals surface area (Å²) in [7, 11) is 0. The molecule has 4 rings (SSSR count). The second-order valence-corrected chi connectivity index (χ2v) is 10.1. The number of hydrogen-bond acceptors (Lipinski definition) is 5. The van der Waals surface area contributed by atoms with Crippen LogP contribution in [-0.4, -0.2) is 5.97 Å². The summed E-state index contributed by atoms with van der Waals surface area (Å²) in [5.74, 6) is -0.123. The van der Waals surface area contributed by atoms with E-state index in [2.05, 4.69) is 54.9 Å². The minimum atomic E-state index is -0.510. The van der Waals surface area contributed by atoms with E-state index in [1.54, 1.807) is 24.3 Å². The molecule has 6 heteroatoms. The van der Waals surface area contributed by atoms with Crippen LogP contribution in [-0.2, 0) is 10.2 Å². The fourth-order valence-corrected chi connectivity index (χ4v) is 4.45. The first-order valence-electron chi connectivity index (χ1n) is 11.1. The van der Waals surface area contributed by atoms with E-state index in [9.17, 15) is 10.1 Å². The molecule has 0 spiro atoms. The van der Waals surface area contributed by atoms with Gasteiger partial charge in [-0.1, -0.05) is 85.2 Å². The van der Waals surface area contributed by atoms with E-state index >= 15 is 0 Å². The van der Waals surface area contributed by atoms with Crippen LogP contribution < -0.4 is 15.2 Å². The Morgan fingerprint density at radius 1 is 1.09 bits per heavy atom. The van der Waals surface area contributed by atoms with Crippen LogP contribution in [0.1, 0.15) is 48.9 Å². The van der Waals surface area contributed by atoms with Crippen molar-refractivity contribution in [2.45, 2.75) is 32.1 Å². The van der Waals surface area contributed by atoms with E-state index in [1.807, 2.05) is 36.4 Å². The smallest absolute Gasteiger partial charge is 0.336 e. The molecular formula is C29H25BrN2O3. The van der Waals surface area contributed by atoms with E-state index in [0.717, 1.165) is 21.2 Å². The Labute approximate surface area is 213 Å². The molecule has 3 aromatic carbocycles. The van der Waals surface area contributed by atoms with E-state index in [4.69, 9.17) is 15.2 Å². The second kappa shape index (κ2) is 9.81. The number of nitrogens with zero attached hydrogens (tertiary/aromatic N) is 1. The SMILES string of the molecule is CC(C)(C)c1ccc(/C=C/C(=O)Oc2ccc3c(c2)OC(N)=C(C#N)C3c2ccccc2Br)cc1. The monoisotopic (exact) mass is 528 g/mol. The summed E-state index contributed by atoms with van der Waals surface area (Å²) in [5.41, 5.74) is 10.3. The van der Waals surface area contributed by atoms with Gasteiger partial charge >= 0.3 is 5.97 Å². The molecule has 1 aliphatic rings. The lowest BCUT2D eigenvalue weighted by molar-refractivity contribution is -0.128. The Morgan fingerprint density at radius 2 is 1.80 bits per heavy atom. The molecule has 0 saturated carbocycles. The molecule has 1 unspecified atom stereocenters. The quantitative estimate of drug-likeness (QED) is 0.234. The fraction of sp³-hybridized carbons (Fsp3) is 0.172. The number of esters is 1. The van der Waals surface area contributed by atoms with Gasteiger partial charge in [0.25, 0.3) is 0 Å². The molecule has 1 atom stereocenters. The fourth-order valence-electron chi connectivity index (χ4n) is 3.94. The van der Waals surface area contributed by atoms with Gasteiger partial charge in [0.2, 0.25) is 5.88 Å². The van der Waals surface area contributed by atoms with Crippen LogP contribution in [0.3, 0.4) is 0 Å². The number of nitrogens with two attached hydrogens (primary N) is 1. The summed E-state index contributed by atoms with van der Waals surface area (Å²) in [6.07, 6.45) is 3.10. The number of allylic oxidation sites excluding steroid dienone is 1. The third-order valence-electron chi connectivity index (χ3n) is 5.81. The highest BCUT2D eigenvalue weighted by molar-refractivity contribution is 9.10. The van der Waals surface area contributed by atoms with Crippen molar-refractivity contribution in [2.75, 3.05) is 0 Å². The summed E-state index contributed by atoms with van der Waals surface area (Å²) in [6, 6.07) is 23.0. The number of ether oxygens (including phenoxy) is 2. The van der Waals surface area contributed by atoms with Crippen molar-refractivity contribution in [1.82, 2.24) is 0 Å². The van der Waals surface area contributed by atoms with Gasteiger partial charge in [-0.2, -0.15) is 5.26 Å². The van der Waals surface area contributed by atoms with Crippen LogP contribution in [0.15, 0.2) is 88.7 Å². The Kier molecular flexibility index (Phi) is 6.81. The third-order valence-corrected chi connectivity index (χ3v) is 6.54. The van der Waals surface area contributed by atoms with E-state index in [-0.39, 0.29) is 11.3 Å². The highest BCUT2D eigenvalue weighted by atomic mass is 79.9. The van der Waals surface area contributed by atoms with Crippen LogP contribution in [0.2, 0.25) is 0 Å². The molecule has 0 bridgehead atoms. The standard InChI is InChI=1S/C29H25BrN2O3/c1-29(2,3)19-11-8-18(9-12-19)10-15-26(33)34-20-13-14-22-25(16-20)35-28(32)23(17-31)27(22)21-6-4-5-7-24(21)30/h4-16,27H,32H2,1-3H3/b15-10+. The zero-order valence-corrected chi connectivity index (χ0v) is 21.3. The molecular weight excluding hydrogens is 504 g/mol. The van der Waals surface area contributed by atoms with Crippen molar-refractivity contribution >= 4 is 28.0 Å². The molecule has 5 nitrogen and oxygen atoms in total. The van der Waals surface area contributed by atoms with Crippen molar-refractivity contribution < 1.29 is 14.3 Å². The van der Waals surface area contributed by atoms with Gasteiger partial charge in [0.1, 0.15) is 23.1 Å². The lowest BCUT2D eigenvalue weighted by Gasteiger charge is -2.27. The molecule has 0 amide bonds. The Balaban J connectivity index is 1.55. The molecule has 0 fully saturated rings. The second-order valence-electron chi connectivity index (χ2n) is 9.27. The number of benzene rings is 3. The first-order chi connectivity index (χ1) is 16.7. The van der Waals surface area contributed by atoms with Gasteiger partial charge < -0.3 is 15.2 Å². The average molecular weight is 529 g/mol. The summed E-state index contributed by atoms with van der Waals surface area (Å²) in [6.45, 7) is 6.47. The first-order valence-corrected chi connectivity index (χ1v) is 11.9. The first kappa shape index (κ1) is 24.3. The molecule has 0 saturated heterocycles. The topological polar surface area (TPSA) is 85.3 Å². The molecule has 35 heavy (non-hydrogen) atoms. The third kappa shape index (κ3) is 5.31. The largest absolute Gasteiger partial charge is 0.440 e. The number of halogens is 1. The molecule has 176 valence electrons. The molecule has 0 aromatic heterocycles. The number of carbonyl (C=O) groups is 1. The molecule has 0 radical (unpaired) electrons. The molecule has 0 aliphatic carbocycles. The Bertz CT molecular complexity index is 1380. The van der Waals surface area contributed by atoms with Crippen LogP contribution in [0.5, 0.6) is 11.5 Å². The maximum Gasteiger partial charge on any atom is 0.336 e. The van der Waals surface area contributed by atoms with Crippen molar-refractivity contribution in [2.24, 2.45) is 5.73 Å². The van der Waals surface area contributed by atoms with Gasteiger partial charge in [-0.15, -0.1) is 0 Å². The van der Waals surface area contributed by atoms with Crippen molar-refractivity contribution in [1.29, 1.82) is 5.26 Å². The molecule has 1 aliphatic heterocycles. The summed E-state index contributed by atoms with van der Waals surface area (Å²) in [4.78, 5) is 12.4. The van der Waals surface area contributed by atoms with Gasteiger partial charge in [-0.3, -0.25) is 0 Å². The van der Waals surface area contributed by atoms with Gasteiger partial charge in [-0.05, 0) is 40.3 Å². The zero-order chi connectivity index (χ0) is 25.2. The van der Waals surface area contributed by atoms with Gasteiger partial charge in [0.15, 0.2) is 0 Å². The predicted molar refractivity (Wildman–Crippen MR) is 140 cm³/mol. The lowest BCUT2D eigenvalue weighted by Crippen LogP contribution is -2.21. The highest BCUT2D eigenvalue weighted by Gasteiger charge is 2.32. The number of nitriles is 1. The van der Waals surface area contributed by atoms with E-state index < -0.39 is 11.9 Å². The van der Waals surface area contributed by atoms with E-state index in [0.29, 0.717) is 17.1 Å². The van der Waals surface area contributed by atoms with Crippen molar-refractivity contribution in [3.05, 3.63) is 111 Å². The zero-order valence-electron chi connectivity index (χ0n) is 19.7. The Morgan fingerprint density at radius 3 is 2.46 bits per heavy atom. The van der Waals surface area contributed by atoms with Crippen LogP contribution in [0.4, 0.5) is 0 Å². The van der Waals surface area contributed by atoms with Crippen molar-refractivity contribution in [3.63, 3.8) is 0 Å². The normalized spacial score (nSPS) is 15.3. The average Bonchev–Trinajstić information content (AvgIpc) is 2.82. The maximum absolute atomic E-state index is 12.4. The van der Waals surface area contributed by atoms with Crippen molar-refractivity contribution in [3.8, 4) is 17.6 Å². The van der Waals surface area contributed by atoms with Crippen LogP contribution in [0, 0.1) is 11.3 Å². The number of rotatable bonds is 4. The highest BCUT2D eigenvalue weighted by Crippen LogP contribution is 2.45. The summed E-state index contributed by atoms with van der Waals surface area (Å²) in [5, 5.41) is 9.73. The number of hydrogen-bond donors (Lipinski definition) is 1. The van der Waals surface area contributed by atoms with Gasteiger partial charge in [0, 0.05) is 22.2 Å². The lowest BCUT2D eigenvalue weighted by atomic mass is 9.83. The van der Waals surface area contributed by atoms with Gasteiger partial charge in [0.05, 0.1) is 5.92 Å². The minimum absolute atomic E-state index is 0.0304. The van der Waals surface area contributed by atoms with E-state index in [1.165, 1.54) is 11.6 Å². The minimum Gasteiger partial charge on any atom is -0.440 e. The van der Waals surface area contributed by atoms with Crippen LogP contribution in [0.25, 0.3) is 6.08 Å². The predicted octanol–water partition coefficient (Wildman–Crippen LogP) is 6.58. The number of fused-ring (bicyclic) bond motifs is 1. The van der Waals surface area contributed by atoms with Gasteiger partial charge in [-0.25, -0.2) is 4.79 Å².